The number of aromatic nitrogens is 9. The summed E-state index contributed by atoms with van der Waals surface area (Å²) >= 11 is 0. The van der Waals surface area contributed by atoms with E-state index < -0.39 is 0 Å². The normalized spacial score (nSPS) is 11.6. The van der Waals surface area contributed by atoms with Crippen LogP contribution in [-0.4, -0.2) is 44.9 Å². The minimum Gasteiger partial charge on any atom is -0.435 e. The van der Waals surface area contributed by atoms with Crippen molar-refractivity contribution in [1.29, 1.82) is 0 Å². The summed E-state index contributed by atoms with van der Waals surface area (Å²) < 4.78 is 6.86. The largest absolute Gasteiger partial charge is 0.435 e. The minimum atomic E-state index is 0.422. The second kappa shape index (κ2) is 15.7. The van der Waals surface area contributed by atoms with Crippen LogP contribution in [0.2, 0.25) is 0 Å². The molecule has 67 heavy (non-hydrogen) atoms. The summed E-state index contributed by atoms with van der Waals surface area (Å²) in [6, 6.07) is 58.7. The molecular formula is C57H33N9O. The van der Waals surface area contributed by atoms with Crippen LogP contribution in [0, 0.1) is 0 Å². The molecule has 13 aromatic rings. The molecule has 10 nitrogen and oxygen atoms in total. The van der Waals surface area contributed by atoms with Gasteiger partial charge in [-0.3, -0.25) is 19.9 Å². The zero-order chi connectivity index (χ0) is 44.3. The van der Waals surface area contributed by atoms with E-state index in [9.17, 15) is 0 Å². The van der Waals surface area contributed by atoms with E-state index in [1.165, 1.54) is 0 Å². The zero-order valence-corrected chi connectivity index (χ0v) is 35.5. The summed E-state index contributed by atoms with van der Waals surface area (Å²) in [6.45, 7) is 0. The highest BCUT2D eigenvalue weighted by atomic mass is 16.3. The molecule has 0 radical (unpaired) electrons. The van der Waals surface area contributed by atoms with Crippen molar-refractivity contribution in [3.05, 3.63) is 201 Å². The van der Waals surface area contributed by atoms with Gasteiger partial charge in [0, 0.05) is 85.3 Å². The van der Waals surface area contributed by atoms with Gasteiger partial charge >= 0.3 is 0 Å². The summed E-state index contributed by atoms with van der Waals surface area (Å²) in [5.74, 6) is 1.52. The first-order valence-corrected chi connectivity index (χ1v) is 21.8. The molecule has 0 aliphatic carbocycles. The molecule has 10 heteroatoms. The molecule has 7 aromatic heterocycles. The highest BCUT2D eigenvalue weighted by Crippen LogP contribution is 2.40. The first kappa shape index (κ1) is 38.1. The van der Waals surface area contributed by atoms with Crippen LogP contribution in [0.25, 0.3) is 134 Å². The van der Waals surface area contributed by atoms with Crippen molar-refractivity contribution < 1.29 is 4.42 Å². The number of hydrogen-bond acceptors (Lipinski definition) is 10. The van der Waals surface area contributed by atoms with E-state index in [2.05, 4.69) is 66.7 Å². The highest BCUT2D eigenvalue weighted by Gasteiger charge is 2.22. The molecule has 0 atom stereocenters. The van der Waals surface area contributed by atoms with E-state index in [0.717, 1.165) is 93.9 Å². The summed E-state index contributed by atoms with van der Waals surface area (Å²) in [6.07, 6.45) is 7.16. The molecule has 0 bridgehead atoms. The van der Waals surface area contributed by atoms with Crippen LogP contribution in [-0.2, 0) is 0 Å². The molecule has 13 rings (SSSR count). The maximum atomic E-state index is 6.86. The first-order chi connectivity index (χ1) is 33.2. The number of oxazole rings is 1. The molecule has 0 amide bonds. The van der Waals surface area contributed by atoms with Gasteiger partial charge in [-0.25, -0.2) is 24.9 Å². The molecule has 7 heterocycles. The van der Waals surface area contributed by atoms with Gasteiger partial charge in [0.2, 0.25) is 5.89 Å². The highest BCUT2D eigenvalue weighted by molar-refractivity contribution is 6.20. The Morgan fingerprint density at radius 1 is 0.299 bits per heavy atom. The molecular weight excluding hydrogens is 827 g/mol. The number of rotatable bonds is 7. The number of fused-ring (bicyclic) bond motifs is 8. The molecule has 0 saturated carbocycles. The Labute approximate surface area is 382 Å². The van der Waals surface area contributed by atoms with Gasteiger partial charge in [0.05, 0.1) is 39.3 Å². The minimum absolute atomic E-state index is 0.422. The third kappa shape index (κ3) is 6.71. The lowest BCUT2D eigenvalue weighted by atomic mass is 9.98. The summed E-state index contributed by atoms with van der Waals surface area (Å²) in [5.41, 5.74) is 13.2. The van der Waals surface area contributed by atoms with Crippen molar-refractivity contribution in [3.8, 4) is 79.3 Å². The average molecular weight is 860 g/mol. The summed E-state index contributed by atoms with van der Waals surface area (Å²) in [7, 11) is 0. The van der Waals surface area contributed by atoms with Crippen LogP contribution in [0.4, 0.5) is 0 Å². The fourth-order valence-corrected chi connectivity index (χ4v) is 8.93. The van der Waals surface area contributed by atoms with Crippen LogP contribution in [0.1, 0.15) is 0 Å². The van der Waals surface area contributed by atoms with Crippen molar-refractivity contribution in [2.45, 2.75) is 0 Å². The number of hydrogen-bond donors (Lipinski definition) is 0. The monoisotopic (exact) mass is 859 g/mol. The quantitative estimate of drug-likeness (QED) is 0.143. The van der Waals surface area contributed by atoms with Crippen molar-refractivity contribution in [3.63, 3.8) is 0 Å². The smallest absolute Gasteiger partial charge is 0.227 e. The lowest BCUT2D eigenvalue weighted by Gasteiger charge is -2.14. The van der Waals surface area contributed by atoms with Crippen LogP contribution < -0.4 is 0 Å². The van der Waals surface area contributed by atoms with Gasteiger partial charge in [0.15, 0.2) is 17.2 Å². The predicted octanol–water partition coefficient (Wildman–Crippen LogP) is 13.3. The number of nitrogens with zero attached hydrogens (tertiary/aromatic N) is 9. The van der Waals surface area contributed by atoms with Gasteiger partial charge < -0.3 is 4.42 Å². The average Bonchev–Trinajstić information content (AvgIpc) is 3.87. The molecule has 0 spiro atoms. The Hall–Kier alpha value is -9.41. The van der Waals surface area contributed by atoms with Crippen LogP contribution in [0.5, 0.6) is 0 Å². The van der Waals surface area contributed by atoms with Gasteiger partial charge in [-0.15, -0.1) is 0 Å². The van der Waals surface area contributed by atoms with E-state index in [4.69, 9.17) is 49.3 Å². The third-order valence-electron chi connectivity index (χ3n) is 12.1. The third-order valence-corrected chi connectivity index (χ3v) is 12.1. The maximum absolute atomic E-state index is 6.86. The number of benzene rings is 6. The van der Waals surface area contributed by atoms with Gasteiger partial charge in [-0.1, -0.05) is 97.1 Å². The second-order valence-corrected chi connectivity index (χ2v) is 16.2. The van der Waals surface area contributed by atoms with Crippen LogP contribution in [0.15, 0.2) is 205 Å². The van der Waals surface area contributed by atoms with Crippen molar-refractivity contribution >= 4 is 54.7 Å². The van der Waals surface area contributed by atoms with Crippen molar-refractivity contribution in [2.24, 2.45) is 0 Å². The van der Waals surface area contributed by atoms with Crippen LogP contribution >= 0.6 is 0 Å². The Morgan fingerprint density at radius 2 is 0.731 bits per heavy atom. The number of para-hydroxylation sites is 2. The molecule has 0 saturated heterocycles. The van der Waals surface area contributed by atoms with E-state index in [1.807, 2.05) is 109 Å². The first-order valence-electron chi connectivity index (χ1n) is 21.8. The fourth-order valence-electron chi connectivity index (χ4n) is 8.93. The Morgan fingerprint density at radius 3 is 1.27 bits per heavy atom. The maximum Gasteiger partial charge on any atom is 0.227 e. The number of pyridine rings is 4. The molecule has 312 valence electrons. The van der Waals surface area contributed by atoms with E-state index in [0.29, 0.717) is 40.0 Å². The van der Waals surface area contributed by atoms with E-state index in [-0.39, 0.29) is 0 Å². The standard InChI is InChI=1S/C57H33N9O/c1-3-13-34(14-4-1)45-32-47(64-55(62-45)43-21-7-17-36-19-9-25-58-49(36)43)38-29-39(31-40(30-38)57-66-53-41-23-11-27-60-51(41)52-42(54(53)67-57)24-12-28-61-52)48-33-46(35-15-5-2-6-16-35)63-56(65-48)44-22-8-18-37-20-10-26-59-50(37)44/h1-33H. The summed E-state index contributed by atoms with van der Waals surface area (Å²) in [4.78, 5) is 45.4. The molecule has 0 fully saturated rings. The Kier molecular flexibility index (Phi) is 8.92. The van der Waals surface area contributed by atoms with Crippen LogP contribution in [0.3, 0.4) is 0 Å². The van der Waals surface area contributed by atoms with Crippen molar-refractivity contribution in [1.82, 2.24) is 44.9 Å². The lowest BCUT2D eigenvalue weighted by Crippen LogP contribution is -1.99. The Bertz CT molecular complexity index is 3800. The second-order valence-electron chi connectivity index (χ2n) is 16.2. The fraction of sp³-hybridized carbons (Fsp3) is 0. The summed E-state index contributed by atoms with van der Waals surface area (Å²) in [5, 5.41) is 3.67. The topological polar surface area (TPSA) is 129 Å². The van der Waals surface area contributed by atoms with E-state index in [1.54, 1.807) is 24.8 Å². The lowest BCUT2D eigenvalue weighted by molar-refractivity contribution is 0.623. The van der Waals surface area contributed by atoms with E-state index >= 15 is 0 Å². The molecule has 0 unspecified atom stereocenters. The van der Waals surface area contributed by atoms with Gasteiger partial charge in [-0.05, 0) is 78.9 Å². The van der Waals surface area contributed by atoms with Gasteiger partial charge in [0.1, 0.15) is 11.0 Å². The molecule has 6 aromatic carbocycles. The molecule has 0 aliphatic heterocycles. The van der Waals surface area contributed by atoms with Gasteiger partial charge in [-0.2, -0.15) is 0 Å². The SMILES string of the molecule is c1ccc(-c2cc(-c3cc(-c4cc(-c5ccccc5)nc(-c5cccc6cccnc56)n4)cc(-c4nc5c6cccnc6c6ncccc6c5o4)c3)nc(-c3cccc4cccnc34)n2)cc1. The Balaban J connectivity index is 1.09. The zero-order valence-electron chi connectivity index (χ0n) is 35.5. The predicted molar refractivity (Wildman–Crippen MR) is 264 cm³/mol. The molecule has 0 aliphatic rings. The van der Waals surface area contributed by atoms with Gasteiger partial charge in [0.25, 0.3) is 0 Å². The molecule has 0 N–H and O–H groups in total. The van der Waals surface area contributed by atoms with Crippen molar-refractivity contribution in [2.75, 3.05) is 0 Å².